The highest BCUT2D eigenvalue weighted by Gasteiger charge is 2.31. The third kappa shape index (κ3) is 3.71. The first-order valence-corrected chi connectivity index (χ1v) is 7.57. The Morgan fingerprint density at radius 2 is 1.88 bits per heavy atom. The molecule has 16 heavy (non-hydrogen) atoms. The zero-order chi connectivity index (χ0) is 12.2. The van der Waals surface area contributed by atoms with E-state index in [1.54, 1.807) is 14.0 Å². The minimum absolute atomic E-state index is 0.173. The van der Waals surface area contributed by atoms with Gasteiger partial charge in [-0.25, -0.2) is 13.1 Å². The second-order valence-electron chi connectivity index (χ2n) is 5.25. The Balaban J connectivity index is 2.47. The fraction of sp³-hybridized carbons (Fsp3) is 1.00. The van der Waals surface area contributed by atoms with E-state index in [1.807, 2.05) is 0 Å². The molecule has 1 unspecified atom stereocenters. The van der Waals surface area contributed by atoms with Crippen molar-refractivity contribution in [3.8, 4) is 0 Å². The van der Waals surface area contributed by atoms with Crippen LogP contribution in [0.2, 0.25) is 0 Å². The molecule has 0 heterocycles. The molecular formula is C11H24N2O2S. The third-order valence-corrected chi connectivity index (χ3v) is 5.30. The van der Waals surface area contributed by atoms with Crippen molar-refractivity contribution >= 4 is 10.0 Å². The Kier molecular flexibility index (Phi) is 4.76. The summed E-state index contributed by atoms with van der Waals surface area (Å²) in [6.07, 6.45) is 4.72. The number of hydrogen-bond donors (Lipinski definition) is 2. The van der Waals surface area contributed by atoms with Crippen LogP contribution in [0, 0.1) is 5.41 Å². The highest BCUT2D eigenvalue weighted by atomic mass is 32.2. The van der Waals surface area contributed by atoms with Gasteiger partial charge >= 0.3 is 0 Å². The summed E-state index contributed by atoms with van der Waals surface area (Å²) in [7, 11) is -1.39. The first-order valence-electron chi connectivity index (χ1n) is 6.03. The van der Waals surface area contributed by atoms with E-state index in [2.05, 4.69) is 17.0 Å². The predicted molar refractivity (Wildman–Crippen MR) is 66.9 cm³/mol. The quantitative estimate of drug-likeness (QED) is 0.740. The minimum Gasteiger partial charge on any atom is -0.318 e. The van der Waals surface area contributed by atoms with Crippen molar-refractivity contribution in [2.45, 2.75) is 44.8 Å². The summed E-state index contributed by atoms with van der Waals surface area (Å²) >= 11 is 0. The van der Waals surface area contributed by atoms with Crippen molar-refractivity contribution in [1.82, 2.24) is 10.0 Å². The van der Waals surface area contributed by atoms with E-state index in [9.17, 15) is 8.42 Å². The van der Waals surface area contributed by atoms with Crippen molar-refractivity contribution in [3.63, 3.8) is 0 Å². The zero-order valence-corrected chi connectivity index (χ0v) is 11.4. The summed E-state index contributed by atoms with van der Waals surface area (Å²) in [5, 5.41) is 2.52. The van der Waals surface area contributed by atoms with Gasteiger partial charge in [0.15, 0.2) is 0 Å². The first kappa shape index (κ1) is 13.9. The molecule has 0 radical (unpaired) electrons. The van der Waals surface area contributed by atoms with Gasteiger partial charge in [-0.1, -0.05) is 19.8 Å². The van der Waals surface area contributed by atoms with E-state index >= 15 is 0 Å². The van der Waals surface area contributed by atoms with Crippen LogP contribution in [0.15, 0.2) is 0 Å². The molecule has 0 aromatic rings. The summed E-state index contributed by atoms with van der Waals surface area (Å²) in [6, 6.07) is 0. The average Bonchev–Trinajstić information content (AvgIpc) is 2.64. The Bertz CT molecular complexity index is 308. The Morgan fingerprint density at radius 3 is 2.38 bits per heavy atom. The molecule has 0 aromatic carbocycles. The molecule has 0 spiro atoms. The lowest BCUT2D eigenvalue weighted by molar-refractivity contribution is 0.335. The first-order chi connectivity index (χ1) is 7.40. The lowest BCUT2D eigenvalue weighted by Crippen LogP contribution is -2.42. The molecule has 96 valence electrons. The molecule has 0 aliphatic heterocycles. The molecule has 0 saturated heterocycles. The highest BCUT2D eigenvalue weighted by molar-refractivity contribution is 7.90. The minimum atomic E-state index is -3.16. The van der Waals surface area contributed by atoms with Crippen LogP contribution in [-0.4, -0.2) is 33.8 Å². The maximum Gasteiger partial charge on any atom is 0.215 e. The molecule has 1 aliphatic rings. The summed E-state index contributed by atoms with van der Waals surface area (Å²) in [5.41, 5.74) is 0.173. The van der Waals surface area contributed by atoms with Crippen LogP contribution in [0.3, 0.4) is 0 Å². The smallest absolute Gasteiger partial charge is 0.215 e. The summed E-state index contributed by atoms with van der Waals surface area (Å²) < 4.78 is 26.5. The normalized spacial score (nSPS) is 22.2. The fourth-order valence-corrected chi connectivity index (χ4v) is 3.44. The van der Waals surface area contributed by atoms with Gasteiger partial charge in [0.2, 0.25) is 10.0 Å². The second kappa shape index (κ2) is 5.47. The lowest BCUT2D eigenvalue weighted by Gasteiger charge is -2.24. The van der Waals surface area contributed by atoms with Crippen LogP contribution in [0.4, 0.5) is 0 Å². The van der Waals surface area contributed by atoms with Gasteiger partial charge in [0.05, 0.1) is 5.25 Å². The number of rotatable bonds is 6. The topological polar surface area (TPSA) is 58.2 Å². The summed E-state index contributed by atoms with van der Waals surface area (Å²) in [4.78, 5) is 0. The van der Waals surface area contributed by atoms with Crippen LogP contribution in [0.25, 0.3) is 0 Å². The standard InChI is InChI=1S/C11H24N2O2S/c1-10(8-12-3)16(14,15)13-9-11(2)6-4-5-7-11/h10,12-13H,4-9H2,1-3H3. The molecule has 5 heteroatoms. The lowest BCUT2D eigenvalue weighted by atomic mass is 9.89. The number of sulfonamides is 1. The van der Waals surface area contributed by atoms with E-state index in [-0.39, 0.29) is 10.7 Å². The van der Waals surface area contributed by atoms with Gasteiger partial charge in [-0.3, -0.25) is 0 Å². The SMILES string of the molecule is CNCC(C)S(=O)(=O)NCC1(C)CCCC1. The van der Waals surface area contributed by atoms with Crippen molar-refractivity contribution in [2.75, 3.05) is 20.1 Å². The molecule has 0 bridgehead atoms. The molecule has 1 rings (SSSR count). The number of nitrogens with one attached hydrogen (secondary N) is 2. The molecule has 1 saturated carbocycles. The fourth-order valence-electron chi connectivity index (χ4n) is 2.22. The van der Waals surface area contributed by atoms with E-state index < -0.39 is 10.0 Å². The molecule has 1 fully saturated rings. The molecule has 2 N–H and O–H groups in total. The van der Waals surface area contributed by atoms with Gasteiger partial charge in [0.25, 0.3) is 0 Å². The monoisotopic (exact) mass is 248 g/mol. The zero-order valence-electron chi connectivity index (χ0n) is 10.5. The largest absolute Gasteiger partial charge is 0.318 e. The van der Waals surface area contributed by atoms with Crippen LogP contribution in [0.1, 0.15) is 39.5 Å². The van der Waals surface area contributed by atoms with E-state index in [0.717, 1.165) is 12.8 Å². The summed E-state index contributed by atoms with van der Waals surface area (Å²) in [5.74, 6) is 0. The van der Waals surface area contributed by atoms with Crippen molar-refractivity contribution < 1.29 is 8.42 Å². The molecule has 1 atom stereocenters. The number of hydrogen-bond acceptors (Lipinski definition) is 3. The maximum absolute atomic E-state index is 11.9. The molecule has 1 aliphatic carbocycles. The van der Waals surface area contributed by atoms with Crippen molar-refractivity contribution in [2.24, 2.45) is 5.41 Å². The summed E-state index contributed by atoms with van der Waals surface area (Å²) in [6.45, 7) is 4.98. The van der Waals surface area contributed by atoms with Gasteiger partial charge in [-0.2, -0.15) is 0 Å². The van der Waals surface area contributed by atoms with E-state index in [1.165, 1.54) is 12.8 Å². The Labute approximate surface area is 99.2 Å². The highest BCUT2D eigenvalue weighted by Crippen LogP contribution is 2.36. The van der Waals surface area contributed by atoms with Crippen molar-refractivity contribution in [3.05, 3.63) is 0 Å². The van der Waals surface area contributed by atoms with Gasteiger partial charge in [-0.15, -0.1) is 0 Å². The van der Waals surface area contributed by atoms with Gasteiger partial charge in [0.1, 0.15) is 0 Å². The molecule has 0 aromatic heterocycles. The molecular weight excluding hydrogens is 224 g/mol. The van der Waals surface area contributed by atoms with Gasteiger partial charge in [0, 0.05) is 13.1 Å². The van der Waals surface area contributed by atoms with Crippen molar-refractivity contribution in [1.29, 1.82) is 0 Å². The average molecular weight is 248 g/mol. The van der Waals surface area contributed by atoms with Crippen LogP contribution >= 0.6 is 0 Å². The maximum atomic E-state index is 11.9. The van der Waals surface area contributed by atoms with Gasteiger partial charge < -0.3 is 5.32 Å². The van der Waals surface area contributed by atoms with Crippen LogP contribution in [0.5, 0.6) is 0 Å². The third-order valence-electron chi connectivity index (χ3n) is 3.53. The Hall–Kier alpha value is -0.130. The van der Waals surface area contributed by atoms with Crippen LogP contribution < -0.4 is 10.0 Å². The van der Waals surface area contributed by atoms with Crippen LogP contribution in [-0.2, 0) is 10.0 Å². The molecule has 0 amide bonds. The van der Waals surface area contributed by atoms with E-state index in [4.69, 9.17) is 0 Å². The molecule has 4 nitrogen and oxygen atoms in total. The Morgan fingerprint density at radius 1 is 1.31 bits per heavy atom. The van der Waals surface area contributed by atoms with E-state index in [0.29, 0.717) is 13.1 Å². The van der Waals surface area contributed by atoms with Gasteiger partial charge in [-0.05, 0) is 32.2 Å². The second-order valence-corrected chi connectivity index (χ2v) is 7.44. The predicted octanol–water partition coefficient (Wildman–Crippen LogP) is 1.09.